The highest BCUT2D eigenvalue weighted by atomic mass is 16.5. The van der Waals surface area contributed by atoms with Crippen LogP contribution in [0.5, 0.6) is 0 Å². The van der Waals surface area contributed by atoms with Crippen LogP contribution < -0.4 is 4.90 Å². The second-order valence-corrected chi connectivity index (χ2v) is 5.69. The van der Waals surface area contributed by atoms with Crippen molar-refractivity contribution in [1.29, 1.82) is 0 Å². The highest BCUT2D eigenvalue weighted by Gasteiger charge is 2.32. The minimum absolute atomic E-state index is 0.0142. The van der Waals surface area contributed by atoms with Gasteiger partial charge in [0.15, 0.2) is 5.69 Å². The van der Waals surface area contributed by atoms with Crippen molar-refractivity contribution in [3.05, 3.63) is 35.2 Å². The van der Waals surface area contributed by atoms with Crippen molar-refractivity contribution in [1.82, 2.24) is 9.78 Å². The van der Waals surface area contributed by atoms with E-state index in [1.165, 1.54) is 23.8 Å². The number of rotatable bonds is 4. The molecule has 0 aliphatic carbocycles. The number of carboxylic acid groups (broad SMARTS) is 1. The number of aromatic nitrogens is 2. The monoisotopic (exact) mass is 375 g/mol. The number of anilines is 1. The lowest BCUT2D eigenvalue weighted by atomic mass is 10.1. The summed E-state index contributed by atoms with van der Waals surface area (Å²) in [5.41, 5.74) is 0.922. The molecule has 0 saturated heterocycles. The summed E-state index contributed by atoms with van der Waals surface area (Å²) in [4.78, 5) is 37.3. The van der Waals surface area contributed by atoms with Crippen LogP contribution in [0.4, 0.5) is 5.69 Å². The van der Waals surface area contributed by atoms with Crippen molar-refractivity contribution in [3.63, 3.8) is 0 Å². The molecule has 0 radical (unpaired) electrons. The van der Waals surface area contributed by atoms with Crippen molar-refractivity contribution in [2.45, 2.75) is 0 Å². The van der Waals surface area contributed by atoms with Gasteiger partial charge in [-0.05, 0) is 18.2 Å². The van der Waals surface area contributed by atoms with Gasteiger partial charge >= 0.3 is 17.9 Å². The number of methoxy groups -OCH3 is 2. The van der Waals surface area contributed by atoms with Crippen LogP contribution in [0.2, 0.25) is 0 Å². The molecule has 0 fully saturated rings. The maximum Gasteiger partial charge on any atom is 0.357 e. The van der Waals surface area contributed by atoms with E-state index in [4.69, 9.17) is 14.2 Å². The first-order chi connectivity index (χ1) is 12.9. The van der Waals surface area contributed by atoms with Gasteiger partial charge in [0.05, 0.1) is 31.9 Å². The van der Waals surface area contributed by atoms with Crippen LogP contribution in [0.3, 0.4) is 0 Å². The van der Waals surface area contributed by atoms with Crippen LogP contribution in [-0.2, 0) is 30.8 Å². The van der Waals surface area contributed by atoms with Gasteiger partial charge in [-0.2, -0.15) is 5.10 Å². The second-order valence-electron chi connectivity index (χ2n) is 5.69. The summed E-state index contributed by atoms with van der Waals surface area (Å²) >= 11 is 0. The highest BCUT2D eigenvalue weighted by Crippen LogP contribution is 2.30. The minimum Gasteiger partial charge on any atom is -0.476 e. The number of aromatic carboxylic acids is 1. The molecule has 10 heteroatoms. The minimum atomic E-state index is -1.17. The van der Waals surface area contributed by atoms with E-state index in [0.717, 1.165) is 0 Å². The number of aryl methyl sites for hydroxylation is 1. The summed E-state index contributed by atoms with van der Waals surface area (Å²) in [5.74, 6) is -2.62. The predicted octanol–water partition coefficient (Wildman–Crippen LogP) is 0.666. The van der Waals surface area contributed by atoms with Gasteiger partial charge in [0.1, 0.15) is 12.4 Å². The molecule has 0 saturated carbocycles. The molecule has 1 aromatic carbocycles. The number of ether oxygens (including phenoxy) is 3. The summed E-state index contributed by atoms with van der Waals surface area (Å²) in [5, 5.41) is 13.7. The molecule has 2 aromatic rings. The van der Waals surface area contributed by atoms with E-state index >= 15 is 0 Å². The zero-order valence-corrected chi connectivity index (χ0v) is 14.9. The van der Waals surface area contributed by atoms with Crippen LogP contribution in [0.15, 0.2) is 29.5 Å². The maximum absolute atomic E-state index is 12.3. The van der Waals surface area contributed by atoms with Gasteiger partial charge in [-0.3, -0.25) is 4.68 Å². The summed E-state index contributed by atoms with van der Waals surface area (Å²) < 4.78 is 16.4. The van der Waals surface area contributed by atoms with Crippen molar-refractivity contribution < 1.29 is 33.7 Å². The molecule has 142 valence electrons. The Kier molecular flexibility index (Phi) is 4.82. The Bertz CT molecular complexity index is 976. The first-order valence-corrected chi connectivity index (χ1v) is 7.84. The topological polar surface area (TPSA) is 120 Å². The van der Waals surface area contributed by atoms with Crippen LogP contribution in [0.25, 0.3) is 10.9 Å². The van der Waals surface area contributed by atoms with Gasteiger partial charge in [0.25, 0.3) is 0 Å². The van der Waals surface area contributed by atoms with Gasteiger partial charge in [0, 0.05) is 18.1 Å². The molecular formula is C17H17N3O7. The molecule has 1 aromatic heterocycles. The predicted molar refractivity (Wildman–Crippen MR) is 92.0 cm³/mol. The summed E-state index contributed by atoms with van der Waals surface area (Å²) in [6.45, 7) is -0.137. The molecule has 27 heavy (non-hydrogen) atoms. The molecule has 1 N–H and O–H groups in total. The lowest BCUT2D eigenvalue weighted by molar-refractivity contribution is -0.140. The number of carbonyl (C=O) groups excluding carboxylic acids is 2. The fourth-order valence-corrected chi connectivity index (χ4v) is 2.93. The normalized spacial score (nSPS) is 14.4. The largest absolute Gasteiger partial charge is 0.476 e. The van der Waals surface area contributed by atoms with Gasteiger partial charge < -0.3 is 24.2 Å². The molecule has 0 amide bonds. The molecular weight excluding hydrogens is 358 g/mol. The maximum atomic E-state index is 12.3. The Morgan fingerprint density at radius 1 is 1.19 bits per heavy atom. The van der Waals surface area contributed by atoms with Gasteiger partial charge in [-0.1, -0.05) is 0 Å². The highest BCUT2D eigenvalue weighted by molar-refractivity contribution is 6.05. The van der Waals surface area contributed by atoms with E-state index in [2.05, 4.69) is 5.10 Å². The van der Waals surface area contributed by atoms with Crippen LogP contribution in [0.1, 0.15) is 10.5 Å². The molecule has 1 aliphatic heterocycles. The van der Waals surface area contributed by atoms with E-state index in [-0.39, 0.29) is 30.3 Å². The number of hydrogen-bond donors (Lipinski definition) is 1. The third-order valence-electron chi connectivity index (χ3n) is 4.18. The Balaban J connectivity index is 2.18. The quantitative estimate of drug-likeness (QED) is 0.769. The van der Waals surface area contributed by atoms with E-state index in [1.807, 2.05) is 0 Å². The molecule has 3 rings (SSSR count). The molecule has 0 unspecified atom stereocenters. The molecule has 0 atom stereocenters. The smallest absolute Gasteiger partial charge is 0.357 e. The zero-order chi connectivity index (χ0) is 19.7. The summed E-state index contributed by atoms with van der Waals surface area (Å²) in [6, 6.07) is 4.91. The standard InChI is InChI=1S/C17H17N3O7/c1-19-12-5-4-9(6-10(12)13(18-19)15(21)22)20-8-27-7-11(16(23)25-2)14(20)17(24)26-3/h4-6H,7-8H2,1-3H3,(H,21,22). The first-order valence-electron chi connectivity index (χ1n) is 7.84. The Labute approximate surface area is 153 Å². The number of benzene rings is 1. The second kappa shape index (κ2) is 7.08. The number of nitrogens with zero attached hydrogens (tertiary/aromatic N) is 3. The fraction of sp³-hybridized carbons (Fsp3) is 0.294. The molecule has 10 nitrogen and oxygen atoms in total. The number of fused-ring (bicyclic) bond motifs is 1. The average Bonchev–Trinajstić information content (AvgIpc) is 3.02. The summed E-state index contributed by atoms with van der Waals surface area (Å²) in [6.07, 6.45) is 0. The third-order valence-corrected chi connectivity index (χ3v) is 4.18. The van der Waals surface area contributed by atoms with E-state index in [0.29, 0.717) is 16.6 Å². The van der Waals surface area contributed by atoms with Gasteiger partial charge in [-0.15, -0.1) is 0 Å². The Morgan fingerprint density at radius 2 is 1.89 bits per heavy atom. The van der Waals surface area contributed by atoms with Crippen molar-refractivity contribution >= 4 is 34.5 Å². The van der Waals surface area contributed by atoms with Crippen molar-refractivity contribution in [2.24, 2.45) is 7.05 Å². The molecule has 0 spiro atoms. The van der Waals surface area contributed by atoms with Crippen LogP contribution in [0, 0.1) is 0 Å². The lowest BCUT2D eigenvalue weighted by Gasteiger charge is -2.31. The number of esters is 2. The number of carbonyl (C=O) groups is 3. The number of carboxylic acids is 1. The van der Waals surface area contributed by atoms with Gasteiger partial charge in [-0.25, -0.2) is 14.4 Å². The lowest BCUT2D eigenvalue weighted by Crippen LogP contribution is -2.38. The summed E-state index contributed by atoms with van der Waals surface area (Å²) in [7, 11) is 4.03. The van der Waals surface area contributed by atoms with Crippen LogP contribution >= 0.6 is 0 Å². The molecule has 0 bridgehead atoms. The number of hydrogen-bond acceptors (Lipinski definition) is 8. The van der Waals surface area contributed by atoms with E-state index < -0.39 is 17.9 Å². The fourth-order valence-electron chi connectivity index (χ4n) is 2.93. The van der Waals surface area contributed by atoms with Crippen molar-refractivity contribution in [3.8, 4) is 0 Å². The molecule has 1 aliphatic rings. The molecule has 2 heterocycles. The van der Waals surface area contributed by atoms with Crippen LogP contribution in [-0.4, -0.2) is 60.4 Å². The van der Waals surface area contributed by atoms with Crippen molar-refractivity contribution in [2.75, 3.05) is 32.5 Å². The Hall–Kier alpha value is -3.40. The first kappa shape index (κ1) is 18.4. The van der Waals surface area contributed by atoms with E-state index in [9.17, 15) is 19.5 Å². The van der Waals surface area contributed by atoms with E-state index in [1.54, 1.807) is 25.2 Å². The zero-order valence-electron chi connectivity index (χ0n) is 14.9. The SMILES string of the molecule is COC(=O)C1=C(C(=O)OC)N(c2ccc3c(c2)c(C(=O)O)nn3C)COC1. The average molecular weight is 375 g/mol. The Morgan fingerprint density at radius 3 is 2.52 bits per heavy atom. The third kappa shape index (κ3) is 3.10. The van der Waals surface area contributed by atoms with Gasteiger partial charge in [0.2, 0.25) is 0 Å².